The van der Waals surface area contributed by atoms with E-state index >= 15 is 0 Å². The Hall–Kier alpha value is -1.93. The number of imidazole rings is 1. The Morgan fingerprint density at radius 3 is 2.82 bits per heavy atom. The van der Waals surface area contributed by atoms with E-state index in [0.717, 1.165) is 17.8 Å². The molecule has 0 aromatic carbocycles. The molecule has 0 spiro atoms. The molecule has 0 amide bonds. The minimum atomic E-state index is -3.62. The first-order chi connectivity index (χ1) is 10.4. The molecule has 1 aliphatic rings. The van der Waals surface area contributed by atoms with Crippen LogP contribution in [-0.2, 0) is 17.1 Å². The zero-order valence-corrected chi connectivity index (χ0v) is 13.4. The lowest BCUT2D eigenvalue weighted by Crippen LogP contribution is -2.29. The van der Waals surface area contributed by atoms with Crippen LogP contribution in [0.4, 0.5) is 5.82 Å². The zero-order chi connectivity index (χ0) is 15.9. The van der Waals surface area contributed by atoms with Gasteiger partial charge in [-0.2, -0.15) is 4.31 Å². The Balaban J connectivity index is 1.88. The summed E-state index contributed by atoms with van der Waals surface area (Å²) in [6, 6.07) is 1.58. The van der Waals surface area contributed by atoms with Crippen LogP contribution in [0.15, 0.2) is 29.6 Å². The van der Waals surface area contributed by atoms with Gasteiger partial charge in [-0.3, -0.25) is 0 Å². The highest BCUT2D eigenvalue weighted by atomic mass is 32.2. The highest BCUT2D eigenvalue weighted by Crippen LogP contribution is 2.31. The van der Waals surface area contributed by atoms with Gasteiger partial charge >= 0.3 is 0 Å². The summed E-state index contributed by atoms with van der Waals surface area (Å²) in [5.41, 5.74) is 6.53. The van der Waals surface area contributed by atoms with E-state index in [0.29, 0.717) is 13.1 Å². The third-order valence-corrected chi connectivity index (χ3v) is 5.91. The maximum absolute atomic E-state index is 12.8. The fourth-order valence-corrected chi connectivity index (χ4v) is 4.48. The third kappa shape index (κ3) is 2.48. The number of hydrogen-bond acceptors (Lipinski definition) is 5. The van der Waals surface area contributed by atoms with Crippen LogP contribution in [-0.4, -0.2) is 40.3 Å². The lowest BCUT2D eigenvalue weighted by atomic mass is 10.1. The van der Waals surface area contributed by atoms with Gasteiger partial charge in [-0.15, -0.1) is 0 Å². The van der Waals surface area contributed by atoms with Gasteiger partial charge in [0.1, 0.15) is 16.5 Å². The smallest absolute Gasteiger partial charge is 0.246 e. The standard InChI is InChI=1S/C14H19N5O2S/c1-10-7-12(13(15)17-8-10)22(20,21)19-5-3-11(9-19)14-16-4-6-18(14)2/h4,6-8,11H,3,5,9H2,1-2H3,(H2,15,17). The van der Waals surface area contributed by atoms with Crippen molar-refractivity contribution in [3.63, 3.8) is 0 Å². The van der Waals surface area contributed by atoms with Gasteiger partial charge in [0.15, 0.2) is 0 Å². The lowest BCUT2D eigenvalue weighted by Gasteiger charge is -2.17. The van der Waals surface area contributed by atoms with Crippen LogP contribution in [0.1, 0.15) is 23.7 Å². The van der Waals surface area contributed by atoms with Crippen LogP contribution in [0.3, 0.4) is 0 Å². The molecule has 3 heterocycles. The zero-order valence-electron chi connectivity index (χ0n) is 12.6. The molecule has 1 fully saturated rings. The van der Waals surface area contributed by atoms with Crippen molar-refractivity contribution in [1.29, 1.82) is 0 Å². The molecule has 0 aliphatic carbocycles. The van der Waals surface area contributed by atoms with E-state index in [1.165, 1.54) is 4.31 Å². The highest BCUT2D eigenvalue weighted by Gasteiger charge is 2.35. The molecule has 1 saturated heterocycles. The van der Waals surface area contributed by atoms with Crippen molar-refractivity contribution >= 4 is 15.8 Å². The largest absolute Gasteiger partial charge is 0.383 e. The van der Waals surface area contributed by atoms with E-state index in [2.05, 4.69) is 9.97 Å². The minimum absolute atomic E-state index is 0.0473. The van der Waals surface area contributed by atoms with Gasteiger partial charge in [0.2, 0.25) is 10.0 Å². The first-order valence-electron chi connectivity index (χ1n) is 7.09. The number of aromatic nitrogens is 3. The van der Waals surface area contributed by atoms with Crippen LogP contribution >= 0.6 is 0 Å². The quantitative estimate of drug-likeness (QED) is 0.906. The molecule has 1 aliphatic heterocycles. The number of nitrogens with zero attached hydrogens (tertiary/aromatic N) is 4. The minimum Gasteiger partial charge on any atom is -0.383 e. The average Bonchev–Trinajstić information content (AvgIpc) is 3.10. The highest BCUT2D eigenvalue weighted by molar-refractivity contribution is 7.89. The Morgan fingerprint density at radius 2 is 2.14 bits per heavy atom. The van der Waals surface area contributed by atoms with Crippen LogP contribution < -0.4 is 5.73 Å². The van der Waals surface area contributed by atoms with Gasteiger partial charge in [0.25, 0.3) is 0 Å². The monoisotopic (exact) mass is 321 g/mol. The van der Waals surface area contributed by atoms with Crippen molar-refractivity contribution in [2.45, 2.75) is 24.2 Å². The molecule has 0 saturated carbocycles. The lowest BCUT2D eigenvalue weighted by molar-refractivity contribution is 0.470. The summed E-state index contributed by atoms with van der Waals surface area (Å²) in [4.78, 5) is 8.37. The maximum Gasteiger partial charge on any atom is 0.246 e. The SMILES string of the molecule is Cc1cnc(N)c(S(=O)(=O)N2CCC(c3nccn3C)C2)c1. The second-order valence-corrected chi connectivity index (χ2v) is 7.55. The normalized spacial score (nSPS) is 19.6. The van der Waals surface area contributed by atoms with Gasteiger partial charge in [-0.25, -0.2) is 18.4 Å². The summed E-state index contributed by atoms with van der Waals surface area (Å²) in [5, 5.41) is 0. The maximum atomic E-state index is 12.8. The van der Waals surface area contributed by atoms with Crippen molar-refractivity contribution in [3.05, 3.63) is 36.0 Å². The van der Waals surface area contributed by atoms with E-state index in [1.54, 1.807) is 25.4 Å². The van der Waals surface area contributed by atoms with E-state index in [4.69, 9.17) is 5.73 Å². The van der Waals surface area contributed by atoms with E-state index in [-0.39, 0.29) is 16.6 Å². The molecule has 7 nitrogen and oxygen atoms in total. The number of rotatable bonds is 3. The molecule has 22 heavy (non-hydrogen) atoms. The average molecular weight is 321 g/mol. The number of pyridine rings is 1. The van der Waals surface area contributed by atoms with Gasteiger partial charge in [-0.05, 0) is 25.0 Å². The number of nitrogens with two attached hydrogens (primary N) is 1. The Kier molecular flexibility index (Phi) is 3.65. The molecular weight excluding hydrogens is 302 g/mol. The summed E-state index contributed by atoms with van der Waals surface area (Å²) in [6.45, 7) is 2.68. The van der Waals surface area contributed by atoms with Crippen molar-refractivity contribution in [2.24, 2.45) is 7.05 Å². The Bertz CT molecular complexity index is 799. The third-order valence-electron chi connectivity index (χ3n) is 4.01. The predicted molar refractivity (Wildman–Crippen MR) is 82.7 cm³/mol. The molecule has 2 N–H and O–H groups in total. The number of aryl methyl sites for hydroxylation is 2. The number of nitrogen functional groups attached to an aromatic ring is 1. The van der Waals surface area contributed by atoms with E-state index in [9.17, 15) is 8.42 Å². The molecule has 2 aromatic heterocycles. The fraction of sp³-hybridized carbons (Fsp3) is 0.429. The summed E-state index contributed by atoms with van der Waals surface area (Å²) in [7, 11) is -1.70. The van der Waals surface area contributed by atoms with Gasteiger partial charge < -0.3 is 10.3 Å². The number of hydrogen-bond donors (Lipinski definition) is 1. The number of sulfonamides is 1. The van der Waals surface area contributed by atoms with Crippen molar-refractivity contribution in [2.75, 3.05) is 18.8 Å². The molecule has 1 atom stereocenters. The fourth-order valence-electron chi connectivity index (χ4n) is 2.83. The molecule has 3 rings (SSSR count). The van der Waals surface area contributed by atoms with Crippen LogP contribution in [0, 0.1) is 6.92 Å². The predicted octanol–water partition coefficient (Wildman–Crippen LogP) is 0.884. The van der Waals surface area contributed by atoms with Gasteiger partial charge in [0.05, 0.1) is 0 Å². The van der Waals surface area contributed by atoms with Crippen molar-refractivity contribution < 1.29 is 8.42 Å². The molecule has 8 heteroatoms. The molecule has 0 bridgehead atoms. The summed E-state index contributed by atoms with van der Waals surface area (Å²) >= 11 is 0. The van der Waals surface area contributed by atoms with Gasteiger partial charge in [-0.1, -0.05) is 0 Å². The summed E-state index contributed by atoms with van der Waals surface area (Å²) < 4.78 is 29.0. The molecule has 118 valence electrons. The van der Waals surface area contributed by atoms with Crippen molar-refractivity contribution in [1.82, 2.24) is 18.8 Å². The first-order valence-corrected chi connectivity index (χ1v) is 8.53. The second kappa shape index (κ2) is 5.36. The summed E-state index contributed by atoms with van der Waals surface area (Å²) in [5.74, 6) is 1.06. The van der Waals surface area contributed by atoms with Crippen molar-refractivity contribution in [3.8, 4) is 0 Å². The molecule has 2 aromatic rings. The van der Waals surface area contributed by atoms with E-state index in [1.807, 2.05) is 17.8 Å². The Morgan fingerprint density at radius 1 is 1.36 bits per heavy atom. The number of anilines is 1. The summed E-state index contributed by atoms with van der Waals surface area (Å²) in [6.07, 6.45) is 5.92. The molecule has 0 radical (unpaired) electrons. The molecular formula is C14H19N5O2S. The van der Waals surface area contributed by atoms with E-state index < -0.39 is 10.0 Å². The van der Waals surface area contributed by atoms with Crippen LogP contribution in [0.2, 0.25) is 0 Å². The first kappa shape index (κ1) is 15.0. The topological polar surface area (TPSA) is 94.1 Å². The Labute approximate surface area is 129 Å². The second-order valence-electron chi connectivity index (χ2n) is 5.64. The van der Waals surface area contributed by atoms with Crippen LogP contribution in [0.5, 0.6) is 0 Å². The molecule has 1 unspecified atom stereocenters. The van der Waals surface area contributed by atoms with Crippen LogP contribution in [0.25, 0.3) is 0 Å². The van der Waals surface area contributed by atoms with Gasteiger partial charge in [0, 0.05) is 44.6 Å².